The van der Waals surface area contributed by atoms with E-state index >= 15 is 0 Å². The van der Waals surface area contributed by atoms with Crippen molar-refractivity contribution in [1.29, 1.82) is 0 Å². The summed E-state index contributed by atoms with van der Waals surface area (Å²) >= 11 is 6.12. The Morgan fingerprint density at radius 3 is 2.63 bits per heavy atom. The second-order valence-corrected chi connectivity index (χ2v) is 8.65. The van der Waals surface area contributed by atoms with Crippen LogP contribution in [0.1, 0.15) is 5.56 Å². The minimum Gasteiger partial charge on any atom is -0.324 e. The van der Waals surface area contributed by atoms with E-state index in [0.29, 0.717) is 16.7 Å². The Morgan fingerprint density at radius 2 is 1.83 bits per heavy atom. The quantitative estimate of drug-likeness (QED) is 0.646. The molecule has 2 N–H and O–H groups in total. The molecule has 0 atom stereocenters. The molecule has 2 heterocycles. The van der Waals surface area contributed by atoms with Crippen LogP contribution < -0.4 is 15.6 Å². The zero-order chi connectivity index (χ0) is 21.5. The fraction of sp³-hybridized carbons (Fsp3) is 0.100. The number of hydrogen-bond acceptors (Lipinski definition) is 4. The summed E-state index contributed by atoms with van der Waals surface area (Å²) < 4.78 is 43.2. The number of nitrogens with zero attached hydrogens (tertiary/aromatic N) is 2. The number of hydrogen-bond donors (Lipinski definition) is 2. The third-order valence-electron chi connectivity index (χ3n) is 4.64. The number of aromatic nitrogens is 1. The van der Waals surface area contributed by atoms with Crippen molar-refractivity contribution in [3.63, 3.8) is 0 Å². The number of benzene rings is 2. The van der Waals surface area contributed by atoms with Gasteiger partial charge in [0.25, 0.3) is 15.6 Å². The van der Waals surface area contributed by atoms with Gasteiger partial charge in [-0.05, 0) is 18.2 Å². The monoisotopic (exact) mass is 446 g/mol. The van der Waals surface area contributed by atoms with Crippen molar-refractivity contribution in [2.45, 2.75) is 11.4 Å². The fourth-order valence-electron chi connectivity index (χ4n) is 3.16. The number of aryl methyl sites for hydroxylation is 1. The van der Waals surface area contributed by atoms with Crippen LogP contribution in [-0.2, 0) is 23.6 Å². The maximum Gasteiger partial charge on any atom is 0.266 e. The Balaban J connectivity index is 1.79. The van der Waals surface area contributed by atoms with E-state index < -0.39 is 15.8 Å². The van der Waals surface area contributed by atoms with Crippen LogP contribution in [0.2, 0.25) is 5.02 Å². The van der Waals surface area contributed by atoms with E-state index in [1.807, 2.05) is 0 Å². The van der Waals surface area contributed by atoms with Gasteiger partial charge in [-0.2, -0.15) is 0 Å². The molecule has 10 heteroatoms. The van der Waals surface area contributed by atoms with Crippen LogP contribution >= 0.6 is 11.6 Å². The molecule has 0 saturated heterocycles. The lowest BCUT2D eigenvalue weighted by atomic mass is 10.0. The standard InChI is InChI=1S/C20H16ClFN4O3S/c1-26-10-4-5-12(19(26)27)11-23-20-24-18-14(13-6-2-8-15(22)17(13)21)7-3-9-16(18)30(28,29)25-20/h2-10H,11H2,1H3,(H2,23,24,25). The van der Waals surface area contributed by atoms with Crippen LogP contribution in [-0.4, -0.2) is 18.9 Å². The highest BCUT2D eigenvalue weighted by molar-refractivity contribution is 7.90. The Kier molecular flexibility index (Phi) is 5.08. The number of pyridine rings is 1. The van der Waals surface area contributed by atoms with Crippen LogP contribution in [0.3, 0.4) is 0 Å². The first kappa shape index (κ1) is 20.1. The van der Waals surface area contributed by atoms with E-state index in [-0.39, 0.29) is 33.7 Å². The van der Waals surface area contributed by atoms with Gasteiger partial charge in [0.15, 0.2) is 0 Å². The molecular formula is C20H16ClFN4O3S. The number of rotatable bonds is 3. The second kappa shape index (κ2) is 7.58. The summed E-state index contributed by atoms with van der Waals surface area (Å²) in [6.07, 6.45) is 1.62. The molecule has 0 radical (unpaired) electrons. The number of nitrogens with one attached hydrogen (secondary N) is 2. The van der Waals surface area contributed by atoms with Crippen LogP contribution in [0.5, 0.6) is 0 Å². The number of halogens is 2. The summed E-state index contributed by atoms with van der Waals surface area (Å²) in [7, 11) is -2.31. The van der Waals surface area contributed by atoms with E-state index in [4.69, 9.17) is 11.6 Å². The number of fused-ring (bicyclic) bond motifs is 1. The van der Waals surface area contributed by atoms with Crippen LogP contribution in [0.4, 0.5) is 10.1 Å². The molecule has 0 spiro atoms. The second-order valence-electron chi connectivity index (χ2n) is 6.62. The molecule has 1 aliphatic heterocycles. The molecule has 1 aliphatic rings. The number of guanidine groups is 1. The van der Waals surface area contributed by atoms with Crippen LogP contribution in [0.25, 0.3) is 11.1 Å². The maximum absolute atomic E-state index is 14.0. The van der Waals surface area contributed by atoms with E-state index in [1.54, 1.807) is 43.6 Å². The van der Waals surface area contributed by atoms with Gasteiger partial charge in [0, 0.05) is 29.9 Å². The number of para-hydroxylation sites is 1. The lowest BCUT2D eigenvalue weighted by Crippen LogP contribution is -2.41. The third kappa shape index (κ3) is 3.57. The van der Waals surface area contributed by atoms with Gasteiger partial charge in [-0.15, -0.1) is 0 Å². The lowest BCUT2D eigenvalue weighted by Gasteiger charge is -2.24. The van der Waals surface area contributed by atoms with Crippen molar-refractivity contribution >= 4 is 33.3 Å². The molecule has 0 aliphatic carbocycles. The molecule has 0 bridgehead atoms. The molecule has 154 valence electrons. The first-order valence-corrected chi connectivity index (χ1v) is 10.7. The minimum absolute atomic E-state index is 0.0186. The Morgan fingerprint density at radius 1 is 1.10 bits per heavy atom. The van der Waals surface area contributed by atoms with Gasteiger partial charge in [0.05, 0.1) is 17.3 Å². The SMILES string of the molecule is Cn1cccc(CN=C2Nc3c(-c4cccc(F)c4Cl)cccc3S(=O)(=O)N2)c1=O. The van der Waals surface area contributed by atoms with Gasteiger partial charge in [-0.25, -0.2) is 22.5 Å². The summed E-state index contributed by atoms with van der Waals surface area (Å²) in [4.78, 5) is 16.4. The first-order chi connectivity index (χ1) is 14.3. The van der Waals surface area contributed by atoms with Gasteiger partial charge in [0.2, 0.25) is 5.96 Å². The Bertz CT molecular complexity index is 1350. The van der Waals surface area contributed by atoms with Crippen LogP contribution in [0.15, 0.2) is 69.4 Å². The zero-order valence-corrected chi connectivity index (χ0v) is 17.3. The fourth-order valence-corrected chi connectivity index (χ4v) is 4.55. The van der Waals surface area contributed by atoms with Gasteiger partial charge in [-0.3, -0.25) is 4.79 Å². The number of anilines is 1. The molecule has 30 heavy (non-hydrogen) atoms. The maximum atomic E-state index is 14.0. The number of sulfonamides is 1. The molecular weight excluding hydrogens is 431 g/mol. The normalized spacial score (nSPS) is 15.9. The molecule has 0 saturated carbocycles. The van der Waals surface area contributed by atoms with Crippen LogP contribution in [0, 0.1) is 5.82 Å². The summed E-state index contributed by atoms with van der Waals surface area (Å²) in [5.74, 6) is -0.661. The third-order valence-corrected chi connectivity index (χ3v) is 6.41. The van der Waals surface area contributed by atoms with Gasteiger partial charge in [0.1, 0.15) is 10.7 Å². The van der Waals surface area contributed by atoms with E-state index in [9.17, 15) is 17.6 Å². The highest BCUT2D eigenvalue weighted by Gasteiger charge is 2.29. The van der Waals surface area contributed by atoms with Crippen molar-refractivity contribution in [2.24, 2.45) is 12.0 Å². The average molecular weight is 447 g/mol. The summed E-state index contributed by atoms with van der Waals surface area (Å²) in [5.41, 5.74) is 1.15. The predicted molar refractivity (Wildman–Crippen MR) is 114 cm³/mol. The van der Waals surface area contributed by atoms with Gasteiger partial charge in [-0.1, -0.05) is 41.9 Å². The van der Waals surface area contributed by atoms with Crippen molar-refractivity contribution in [3.8, 4) is 11.1 Å². The van der Waals surface area contributed by atoms with Gasteiger partial charge < -0.3 is 9.88 Å². The largest absolute Gasteiger partial charge is 0.324 e. The molecule has 2 aromatic carbocycles. The molecule has 3 aromatic rings. The Labute approximate surface area is 176 Å². The van der Waals surface area contributed by atoms with Crippen molar-refractivity contribution in [1.82, 2.24) is 9.29 Å². The first-order valence-electron chi connectivity index (χ1n) is 8.84. The summed E-state index contributed by atoms with van der Waals surface area (Å²) in [6.45, 7) is -0.0312. The molecule has 4 rings (SSSR count). The van der Waals surface area contributed by atoms with E-state index in [0.717, 1.165) is 0 Å². The smallest absolute Gasteiger partial charge is 0.266 e. The van der Waals surface area contributed by atoms with E-state index in [2.05, 4.69) is 15.0 Å². The predicted octanol–water partition coefficient (Wildman–Crippen LogP) is 3.10. The molecule has 1 aromatic heterocycles. The molecule has 0 fully saturated rings. The number of aliphatic imine (C=N–C) groups is 1. The lowest BCUT2D eigenvalue weighted by molar-refractivity contribution is 0.591. The zero-order valence-electron chi connectivity index (χ0n) is 15.7. The Hall–Kier alpha value is -3.17. The molecule has 0 unspecified atom stereocenters. The van der Waals surface area contributed by atoms with E-state index in [1.165, 1.54) is 22.8 Å². The topological polar surface area (TPSA) is 92.6 Å². The molecule has 7 nitrogen and oxygen atoms in total. The van der Waals surface area contributed by atoms with Crippen molar-refractivity contribution < 1.29 is 12.8 Å². The molecule has 0 amide bonds. The van der Waals surface area contributed by atoms with Crippen molar-refractivity contribution in [3.05, 3.63) is 81.5 Å². The van der Waals surface area contributed by atoms with Gasteiger partial charge >= 0.3 is 0 Å². The van der Waals surface area contributed by atoms with Crippen molar-refractivity contribution in [2.75, 3.05) is 5.32 Å². The summed E-state index contributed by atoms with van der Waals surface area (Å²) in [5, 5.41) is 2.82. The highest BCUT2D eigenvalue weighted by Crippen LogP contribution is 2.39. The highest BCUT2D eigenvalue weighted by atomic mass is 35.5. The average Bonchev–Trinajstić information content (AvgIpc) is 2.70. The minimum atomic E-state index is -3.93. The summed E-state index contributed by atoms with van der Waals surface area (Å²) in [6, 6.07) is 12.2.